The number of nitro groups is 1. The second kappa shape index (κ2) is 9.44. The molecule has 0 spiro atoms. The summed E-state index contributed by atoms with van der Waals surface area (Å²) in [6, 6.07) is 18.8. The van der Waals surface area contributed by atoms with Gasteiger partial charge in [0.05, 0.1) is 21.7 Å². The highest BCUT2D eigenvalue weighted by atomic mass is 35.5. The van der Waals surface area contributed by atoms with Crippen molar-refractivity contribution >= 4 is 41.0 Å². The lowest BCUT2D eigenvalue weighted by Crippen LogP contribution is -2.18. The SMILES string of the molecule is O=C(N/N=C/c1cccc([N+](=O)[O-])c1)c1cccc(NC(=O)c2ccccc2Cl)c1. The van der Waals surface area contributed by atoms with Crippen molar-refractivity contribution < 1.29 is 14.5 Å². The van der Waals surface area contributed by atoms with Gasteiger partial charge < -0.3 is 5.32 Å². The number of anilines is 1. The number of nitrogens with zero attached hydrogens (tertiary/aromatic N) is 2. The van der Waals surface area contributed by atoms with Crippen molar-refractivity contribution in [3.05, 3.63) is 105 Å². The van der Waals surface area contributed by atoms with Gasteiger partial charge in [-0.05, 0) is 30.3 Å². The van der Waals surface area contributed by atoms with Crippen molar-refractivity contribution in [3.8, 4) is 0 Å². The molecule has 0 saturated carbocycles. The van der Waals surface area contributed by atoms with E-state index in [-0.39, 0.29) is 11.3 Å². The lowest BCUT2D eigenvalue weighted by molar-refractivity contribution is -0.384. The van der Waals surface area contributed by atoms with Gasteiger partial charge in [0.1, 0.15) is 0 Å². The average Bonchev–Trinajstić information content (AvgIpc) is 2.74. The Balaban J connectivity index is 1.66. The molecule has 150 valence electrons. The van der Waals surface area contributed by atoms with Crippen molar-refractivity contribution in [1.29, 1.82) is 0 Å². The maximum atomic E-state index is 12.4. The summed E-state index contributed by atoms with van der Waals surface area (Å²) < 4.78 is 0. The van der Waals surface area contributed by atoms with Gasteiger partial charge in [-0.3, -0.25) is 19.7 Å². The largest absolute Gasteiger partial charge is 0.322 e. The summed E-state index contributed by atoms with van der Waals surface area (Å²) in [5.74, 6) is -0.910. The summed E-state index contributed by atoms with van der Waals surface area (Å²) in [6.45, 7) is 0. The molecule has 3 rings (SSSR count). The minimum absolute atomic E-state index is 0.0766. The van der Waals surface area contributed by atoms with Gasteiger partial charge in [-0.2, -0.15) is 5.10 Å². The number of benzene rings is 3. The van der Waals surface area contributed by atoms with Gasteiger partial charge in [0.2, 0.25) is 0 Å². The number of non-ortho nitro benzene ring substituents is 1. The quantitative estimate of drug-likeness (QED) is 0.351. The van der Waals surface area contributed by atoms with Crippen LogP contribution < -0.4 is 10.7 Å². The fourth-order valence-electron chi connectivity index (χ4n) is 2.53. The molecule has 0 radical (unpaired) electrons. The van der Waals surface area contributed by atoms with E-state index >= 15 is 0 Å². The van der Waals surface area contributed by atoms with E-state index in [1.807, 2.05) is 0 Å². The highest BCUT2D eigenvalue weighted by molar-refractivity contribution is 6.34. The van der Waals surface area contributed by atoms with Crippen LogP contribution in [0.2, 0.25) is 5.02 Å². The predicted octanol–water partition coefficient (Wildman–Crippen LogP) is 4.26. The van der Waals surface area contributed by atoms with Crippen LogP contribution in [0.5, 0.6) is 0 Å². The monoisotopic (exact) mass is 422 g/mol. The molecule has 0 bridgehead atoms. The summed E-state index contributed by atoms with van der Waals surface area (Å²) in [5, 5.41) is 17.6. The molecular formula is C21H15ClN4O4. The zero-order chi connectivity index (χ0) is 21.5. The summed E-state index contributed by atoms with van der Waals surface area (Å²) in [6.07, 6.45) is 1.30. The van der Waals surface area contributed by atoms with Gasteiger partial charge in [0.15, 0.2) is 0 Å². The van der Waals surface area contributed by atoms with Crippen molar-refractivity contribution in [1.82, 2.24) is 5.43 Å². The normalized spacial score (nSPS) is 10.6. The highest BCUT2D eigenvalue weighted by Crippen LogP contribution is 2.18. The van der Waals surface area contributed by atoms with E-state index in [4.69, 9.17) is 11.6 Å². The van der Waals surface area contributed by atoms with E-state index in [1.165, 1.54) is 30.5 Å². The van der Waals surface area contributed by atoms with Gasteiger partial charge in [-0.1, -0.05) is 41.9 Å². The first-order valence-corrected chi connectivity index (χ1v) is 9.05. The van der Waals surface area contributed by atoms with Gasteiger partial charge in [0.25, 0.3) is 17.5 Å². The van der Waals surface area contributed by atoms with E-state index in [1.54, 1.807) is 48.5 Å². The molecule has 3 aromatic carbocycles. The minimum Gasteiger partial charge on any atom is -0.322 e. The number of carbonyl (C=O) groups is 2. The van der Waals surface area contributed by atoms with Crippen LogP contribution in [-0.4, -0.2) is 23.0 Å². The van der Waals surface area contributed by atoms with Gasteiger partial charge in [-0.25, -0.2) is 5.43 Å². The van der Waals surface area contributed by atoms with Crippen LogP contribution in [0.3, 0.4) is 0 Å². The van der Waals surface area contributed by atoms with Crippen LogP contribution in [0.1, 0.15) is 26.3 Å². The molecule has 0 aliphatic rings. The van der Waals surface area contributed by atoms with Crippen molar-refractivity contribution in [2.24, 2.45) is 5.10 Å². The van der Waals surface area contributed by atoms with Crippen LogP contribution in [0.15, 0.2) is 77.9 Å². The number of nitrogens with one attached hydrogen (secondary N) is 2. The Kier molecular flexibility index (Phi) is 6.51. The number of rotatable bonds is 6. The summed E-state index contributed by atoms with van der Waals surface area (Å²) in [4.78, 5) is 34.9. The number of carbonyl (C=O) groups excluding carboxylic acids is 2. The molecule has 0 fully saturated rings. The van der Waals surface area contributed by atoms with Gasteiger partial charge in [0, 0.05) is 28.9 Å². The van der Waals surface area contributed by atoms with Crippen LogP contribution >= 0.6 is 11.6 Å². The summed E-state index contributed by atoms with van der Waals surface area (Å²) in [5.41, 5.74) is 3.73. The van der Waals surface area contributed by atoms with Crippen LogP contribution in [0, 0.1) is 10.1 Å². The molecule has 9 heteroatoms. The molecule has 0 aliphatic carbocycles. The third-order valence-electron chi connectivity index (χ3n) is 3.96. The molecule has 0 atom stereocenters. The smallest absolute Gasteiger partial charge is 0.271 e. The predicted molar refractivity (Wildman–Crippen MR) is 114 cm³/mol. The molecule has 30 heavy (non-hydrogen) atoms. The molecule has 0 unspecified atom stereocenters. The Morgan fingerprint density at radius 3 is 2.50 bits per heavy atom. The number of hydrogen-bond acceptors (Lipinski definition) is 5. The molecule has 2 amide bonds. The Hall–Kier alpha value is -4.04. The lowest BCUT2D eigenvalue weighted by atomic mass is 10.1. The number of hydrazone groups is 1. The van der Waals surface area contributed by atoms with E-state index < -0.39 is 16.7 Å². The van der Waals surface area contributed by atoms with E-state index in [0.717, 1.165) is 0 Å². The number of halogens is 1. The Morgan fingerprint density at radius 2 is 1.73 bits per heavy atom. The van der Waals surface area contributed by atoms with Crippen LogP contribution in [0.4, 0.5) is 11.4 Å². The van der Waals surface area contributed by atoms with Crippen molar-refractivity contribution in [3.63, 3.8) is 0 Å². The number of hydrogen-bond donors (Lipinski definition) is 2. The molecule has 0 saturated heterocycles. The van der Waals surface area contributed by atoms with E-state index in [0.29, 0.717) is 21.8 Å². The number of nitro benzene ring substituents is 1. The molecule has 8 nitrogen and oxygen atoms in total. The van der Waals surface area contributed by atoms with Crippen molar-refractivity contribution in [2.75, 3.05) is 5.32 Å². The molecule has 3 aromatic rings. The zero-order valence-electron chi connectivity index (χ0n) is 15.4. The van der Waals surface area contributed by atoms with E-state index in [9.17, 15) is 19.7 Å². The maximum absolute atomic E-state index is 12.4. The second-order valence-electron chi connectivity index (χ2n) is 6.07. The third kappa shape index (κ3) is 5.27. The van der Waals surface area contributed by atoms with Gasteiger partial charge in [-0.15, -0.1) is 0 Å². The minimum atomic E-state index is -0.516. The molecule has 2 N–H and O–H groups in total. The Morgan fingerprint density at radius 1 is 0.967 bits per heavy atom. The topological polar surface area (TPSA) is 114 Å². The fourth-order valence-corrected chi connectivity index (χ4v) is 2.75. The maximum Gasteiger partial charge on any atom is 0.271 e. The highest BCUT2D eigenvalue weighted by Gasteiger charge is 2.11. The number of amides is 2. The standard InChI is InChI=1S/C21H15ClN4O4/c22-19-10-2-1-9-18(19)21(28)24-16-7-4-6-15(12-16)20(27)25-23-13-14-5-3-8-17(11-14)26(29)30/h1-13H,(H,24,28)(H,25,27)/b23-13+. The first kappa shape index (κ1) is 20.7. The van der Waals surface area contributed by atoms with Crippen molar-refractivity contribution in [2.45, 2.75) is 0 Å². The van der Waals surface area contributed by atoms with Gasteiger partial charge >= 0.3 is 0 Å². The van der Waals surface area contributed by atoms with E-state index in [2.05, 4.69) is 15.8 Å². The first-order valence-electron chi connectivity index (χ1n) is 8.68. The Bertz CT molecular complexity index is 1150. The molecule has 0 aromatic heterocycles. The molecule has 0 aliphatic heterocycles. The average molecular weight is 423 g/mol. The van der Waals surface area contributed by atoms with Crippen LogP contribution in [0.25, 0.3) is 0 Å². The first-order chi connectivity index (χ1) is 14.4. The summed E-state index contributed by atoms with van der Waals surface area (Å²) >= 11 is 6.02. The molecule has 0 heterocycles. The Labute approximate surface area is 176 Å². The third-order valence-corrected chi connectivity index (χ3v) is 4.29. The van der Waals surface area contributed by atoms with Crippen LogP contribution in [-0.2, 0) is 0 Å². The lowest BCUT2D eigenvalue weighted by Gasteiger charge is -2.08. The molecular weight excluding hydrogens is 408 g/mol. The fraction of sp³-hybridized carbons (Fsp3) is 0. The zero-order valence-corrected chi connectivity index (χ0v) is 16.2. The summed E-state index contributed by atoms with van der Waals surface area (Å²) in [7, 11) is 0. The second-order valence-corrected chi connectivity index (χ2v) is 6.47.